The molecule has 0 aliphatic carbocycles. The van der Waals surface area contributed by atoms with E-state index >= 15 is 0 Å². The zero-order chi connectivity index (χ0) is 21.4. The van der Waals surface area contributed by atoms with E-state index in [1.54, 1.807) is 28.0 Å². The molecule has 0 saturated carbocycles. The van der Waals surface area contributed by atoms with E-state index in [0.29, 0.717) is 26.3 Å². The normalized spacial score (nSPS) is 19.2. The molecule has 5 rings (SSSR count). The van der Waals surface area contributed by atoms with Crippen LogP contribution in [-0.4, -0.2) is 88.8 Å². The van der Waals surface area contributed by atoms with Crippen molar-refractivity contribution in [1.29, 1.82) is 0 Å². The maximum absolute atomic E-state index is 13.2. The molecule has 2 aromatic heterocycles. The van der Waals surface area contributed by atoms with Crippen molar-refractivity contribution in [1.82, 2.24) is 24.4 Å². The lowest BCUT2D eigenvalue weighted by Gasteiger charge is -2.39. The number of hydrogen-bond acceptors (Lipinski definition) is 7. The van der Waals surface area contributed by atoms with Crippen LogP contribution in [0.5, 0.6) is 0 Å². The van der Waals surface area contributed by atoms with Crippen molar-refractivity contribution in [2.75, 3.05) is 57.4 Å². The molecule has 8 nitrogen and oxygen atoms in total. The van der Waals surface area contributed by atoms with E-state index in [9.17, 15) is 9.18 Å². The Labute approximate surface area is 183 Å². The van der Waals surface area contributed by atoms with Gasteiger partial charge in [-0.1, -0.05) is 11.3 Å². The lowest BCUT2D eigenvalue weighted by atomic mass is 10.2. The molecule has 0 spiro atoms. The Balaban J connectivity index is 1.21. The number of carbonyl (C=O) groups is 1. The van der Waals surface area contributed by atoms with E-state index in [2.05, 4.69) is 14.8 Å². The number of anilines is 1. The molecule has 0 bridgehead atoms. The zero-order valence-electron chi connectivity index (χ0n) is 17.4. The summed E-state index contributed by atoms with van der Waals surface area (Å²) in [6, 6.07) is 6.20. The van der Waals surface area contributed by atoms with Gasteiger partial charge in [0.25, 0.3) is 0 Å². The van der Waals surface area contributed by atoms with Crippen LogP contribution in [0.1, 0.15) is 6.92 Å². The number of amides is 1. The Hall–Kier alpha value is -2.56. The van der Waals surface area contributed by atoms with Crippen molar-refractivity contribution in [3.05, 3.63) is 36.3 Å². The summed E-state index contributed by atoms with van der Waals surface area (Å²) in [5.74, 6) is -0.0666. The first-order valence-electron chi connectivity index (χ1n) is 10.6. The van der Waals surface area contributed by atoms with E-state index in [-0.39, 0.29) is 17.8 Å². The number of aromatic nitrogens is 3. The average molecular weight is 445 g/mol. The number of nitrogens with zero attached hydrogens (tertiary/aromatic N) is 6. The first-order valence-corrected chi connectivity index (χ1v) is 11.4. The quantitative estimate of drug-likeness (QED) is 0.613. The van der Waals surface area contributed by atoms with Crippen LogP contribution in [0.3, 0.4) is 0 Å². The maximum Gasteiger partial charge on any atom is 0.239 e. The highest BCUT2D eigenvalue weighted by atomic mass is 32.1. The topological polar surface area (TPSA) is 66.2 Å². The monoisotopic (exact) mass is 444 g/mol. The standard InChI is InChI=1S/C21H25FN6O2S/c1-15(19(29)26-10-12-30-13-11-26)25-6-8-27(9-7-25)21-24-28-14-18(23-20(28)31-21)16-2-4-17(22)5-3-16/h2-5,14-15H,6-13H2,1H3. The van der Waals surface area contributed by atoms with Crippen LogP contribution in [0.2, 0.25) is 0 Å². The van der Waals surface area contributed by atoms with Crippen molar-refractivity contribution in [3.63, 3.8) is 0 Å². The summed E-state index contributed by atoms with van der Waals surface area (Å²) in [7, 11) is 0. The van der Waals surface area contributed by atoms with E-state index in [1.807, 2.05) is 18.0 Å². The number of fused-ring (bicyclic) bond motifs is 1. The van der Waals surface area contributed by atoms with Crippen LogP contribution >= 0.6 is 11.3 Å². The molecule has 2 aliphatic rings. The molecule has 0 N–H and O–H groups in total. The van der Waals surface area contributed by atoms with Gasteiger partial charge in [0, 0.05) is 44.8 Å². The van der Waals surface area contributed by atoms with Crippen molar-refractivity contribution in [2.45, 2.75) is 13.0 Å². The van der Waals surface area contributed by atoms with Crippen LogP contribution in [0.25, 0.3) is 16.2 Å². The summed E-state index contributed by atoms with van der Waals surface area (Å²) >= 11 is 1.55. The number of piperazine rings is 1. The second-order valence-corrected chi connectivity index (χ2v) is 8.82. The Morgan fingerprint density at radius 3 is 2.48 bits per heavy atom. The molecule has 2 fully saturated rings. The van der Waals surface area contributed by atoms with Crippen molar-refractivity contribution < 1.29 is 13.9 Å². The summed E-state index contributed by atoms with van der Waals surface area (Å²) in [6.45, 7) is 7.90. The van der Waals surface area contributed by atoms with E-state index in [1.165, 1.54) is 12.1 Å². The highest BCUT2D eigenvalue weighted by Crippen LogP contribution is 2.27. The number of halogens is 1. The number of carbonyl (C=O) groups excluding carboxylic acids is 1. The van der Waals surface area contributed by atoms with Crippen molar-refractivity contribution in [2.24, 2.45) is 0 Å². The highest BCUT2D eigenvalue weighted by molar-refractivity contribution is 7.20. The minimum Gasteiger partial charge on any atom is -0.378 e. The predicted molar refractivity (Wildman–Crippen MR) is 117 cm³/mol. The van der Waals surface area contributed by atoms with E-state index in [4.69, 9.17) is 9.84 Å². The van der Waals surface area contributed by atoms with Gasteiger partial charge in [0.15, 0.2) is 0 Å². The molecule has 164 valence electrons. The van der Waals surface area contributed by atoms with Gasteiger partial charge in [0.2, 0.25) is 16.0 Å². The molecule has 3 aromatic rings. The number of ether oxygens (including phenoxy) is 1. The first-order chi connectivity index (χ1) is 15.1. The fraction of sp³-hybridized carbons (Fsp3) is 0.476. The highest BCUT2D eigenvalue weighted by Gasteiger charge is 2.30. The van der Waals surface area contributed by atoms with Gasteiger partial charge in [-0.05, 0) is 31.2 Å². The van der Waals surface area contributed by atoms with Gasteiger partial charge in [0.05, 0.1) is 31.1 Å². The second kappa shape index (κ2) is 8.52. The second-order valence-electron chi connectivity index (χ2n) is 7.88. The average Bonchev–Trinajstić information content (AvgIpc) is 3.39. The fourth-order valence-electron chi connectivity index (χ4n) is 4.08. The molecule has 1 amide bonds. The van der Waals surface area contributed by atoms with Crippen LogP contribution in [0.15, 0.2) is 30.5 Å². The summed E-state index contributed by atoms with van der Waals surface area (Å²) in [5, 5.41) is 5.63. The molecular formula is C21H25FN6O2S. The molecule has 1 unspecified atom stereocenters. The number of benzene rings is 1. The Kier molecular flexibility index (Phi) is 5.59. The van der Waals surface area contributed by atoms with Gasteiger partial charge in [-0.2, -0.15) is 0 Å². The predicted octanol–water partition coefficient (Wildman–Crippen LogP) is 1.97. The molecule has 1 aromatic carbocycles. The van der Waals surface area contributed by atoms with Crippen molar-refractivity contribution >= 4 is 27.3 Å². The van der Waals surface area contributed by atoms with Crippen LogP contribution < -0.4 is 4.90 Å². The Morgan fingerprint density at radius 2 is 1.81 bits per heavy atom. The van der Waals surface area contributed by atoms with Crippen LogP contribution in [-0.2, 0) is 9.53 Å². The zero-order valence-corrected chi connectivity index (χ0v) is 18.2. The molecule has 10 heteroatoms. The van der Waals surface area contributed by atoms with E-state index in [0.717, 1.165) is 47.5 Å². The lowest BCUT2D eigenvalue weighted by Crippen LogP contribution is -2.56. The van der Waals surface area contributed by atoms with Gasteiger partial charge >= 0.3 is 0 Å². The minimum atomic E-state index is -0.259. The summed E-state index contributed by atoms with van der Waals surface area (Å²) in [5.41, 5.74) is 1.65. The van der Waals surface area contributed by atoms with Gasteiger partial charge in [-0.15, -0.1) is 5.10 Å². The molecular weight excluding hydrogens is 419 g/mol. The van der Waals surface area contributed by atoms with Crippen LogP contribution in [0.4, 0.5) is 9.52 Å². The molecule has 2 aliphatic heterocycles. The third kappa shape index (κ3) is 4.15. The summed E-state index contributed by atoms with van der Waals surface area (Å²) < 4.78 is 20.3. The third-order valence-corrected chi connectivity index (χ3v) is 6.97. The molecule has 31 heavy (non-hydrogen) atoms. The van der Waals surface area contributed by atoms with Crippen LogP contribution in [0, 0.1) is 5.82 Å². The number of imidazole rings is 1. The Morgan fingerprint density at radius 1 is 1.10 bits per heavy atom. The largest absolute Gasteiger partial charge is 0.378 e. The van der Waals surface area contributed by atoms with Gasteiger partial charge < -0.3 is 14.5 Å². The van der Waals surface area contributed by atoms with E-state index < -0.39 is 0 Å². The number of morpholine rings is 1. The molecule has 2 saturated heterocycles. The maximum atomic E-state index is 13.2. The molecule has 0 radical (unpaired) electrons. The van der Waals surface area contributed by atoms with Gasteiger partial charge in [-0.3, -0.25) is 9.69 Å². The summed E-state index contributed by atoms with van der Waals surface area (Å²) in [4.78, 5) is 24.6. The molecule has 4 heterocycles. The van der Waals surface area contributed by atoms with Gasteiger partial charge in [-0.25, -0.2) is 13.9 Å². The number of rotatable bonds is 4. The molecule has 1 atom stereocenters. The minimum absolute atomic E-state index is 0.118. The third-order valence-electron chi connectivity index (χ3n) is 5.99. The SMILES string of the molecule is CC(C(=O)N1CCOCC1)N1CCN(c2nn3cc(-c4ccc(F)cc4)nc3s2)CC1. The Bertz CT molecular complexity index is 1020. The lowest BCUT2D eigenvalue weighted by molar-refractivity contribution is -0.140. The smallest absolute Gasteiger partial charge is 0.239 e. The number of hydrogen-bond donors (Lipinski definition) is 0. The fourth-order valence-corrected chi connectivity index (χ4v) is 5.02. The summed E-state index contributed by atoms with van der Waals surface area (Å²) in [6.07, 6.45) is 1.88. The first kappa shape index (κ1) is 20.3. The van der Waals surface area contributed by atoms with Gasteiger partial charge in [0.1, 0.15) is 5.82 Å². The van der Waals surface area contributed by atoms with Crippen molar-refractivity contribution in [3.8, 4) is 11.3 Å².